The Bertz CT molecular complexity index is 850. The van der Waals surface area contributed by atoms with Crippen LogP contribution < -0.4 is 5.32 Å². The Labute approximate surface area is 123 Å². The number of aromatic nitrogens is 2. The maximum absolute atomic E-state index is 11.7. The molecule has 0 spiro atoms. The highest BCUT2D eigenvalue weighted by atomic mass is 32.1. The maximum Gasteiger partial charge on any atom is 0.345 e. The number of carbonyl (C=O) groups is 2. The van der Waals surface area contributed by atoms with Gasteiger partial charge in [0, 0.05) is 12.4 Å². The molecule has 3 N–H and O–H groups in total. The van der Waals surface area contributed by atoms with Gasteiger partial charge in [-0.1, -0.05) is 6.07 Å². The number of hydrogen-bond donors (Lipinski definition) is 3. The second-order valence-electron chi connectivity index (χ2n) is 4.42. The molecule has 0 unspecified atom stereocenters. The van der Waals surface area contributed by atoms with Gasteiger partial charge in [0.05, 0.1) is 5.52 Å². The second-order valence-corrected chi connectivity index (χ2v) is 5.33. The van der Waals surface area contributed by atoms with Gasteiger partial charge in [0.25, 0.3) is 5.91 Å². The molecule has 3 aromatic rings. The monoisotopic (exact) mass is 301 g/mol. The van der Waals surface area contributed by atoms with Crippen LogP contribution in [0.25, 0.3) is 22.0 Å². The number of nitrogens with zero attached hydrogens (tertiary/aromatic N) is 1. The van der Waals surface area contributed by atoms with Crippen molar-refractivity contribution < 1.29 is 14.7 Å². The third-order valence-corrected chi connectivity index (χ3v) is 4.07. The third-order valence-electron chi connectivity index (χ3n) is 3.15. The van der Waals surface area contributed by atoms with Gasteiger partial charge in [0.1, 0.15) is 4.88 Å². The summed E-state index contributed by atoms with van der Waals surface area (Å²) in [6, 6.07) is 7.13. The fraction of sp³-hybridized carbons (Fsp3) is 0.0714. The van der Waals surface area contributed by atoms with Gasteiger partial charge in [-0.15, -0.1) is 11.3 Å². The molecule has 0 bridgehead atoms. The lowest BCUT2D eigenvalue weighted by molar-refractivity contribution is 0.0702. The molecule has 0 saturated carbocycles. The van der Waals surface area contributed by atoms with Gasteiger partial charge in [-0.05, 0) is 34.7 Å². The van der Waals surface area contributed by atoms with Crippen LogP contribution in [0.15, 0.2) is 29.6 Å². The molecule has 3 rings (SSSR count). The van der Waals surface area contributed by atoms with E-state index in [-0.39, 0.29) is 5.91 Å². The van der Waals surface area contributed by atoms with Crippen LogP contribution in [0.4, 0.5) is 0 Å². The number of aromatic amines is 1. The number of carboxylic acids is 1. The zero-order chi connectivity index (χ0) is 15.0. The Hall–Kier alpha value is -2.67. The van der Waals surface area contributed by atoms with Crippen molar-refractivity contribution in [3.63, 3.8) is 0 Å². The van der Waals surface area contributed by atoms with Crippen molar-refractivity contribution in [1.82, 2.24) is 15.5 Å². The van der Waals surface area contributed by atoms with E-state index in [2.05, 4.69) is 15.5 Å². The molecule has 0 fully saturated rings. The molecule has 0 radical (unpaired) electrons. The van der Waals surface area contributed by atoms with Crippen LogP contribution in [-0.2, 0) is 0 Å². The van der Waals surface area contributed by atoms with Gasteiger partial charge in [-0.2, -0.15) is 5.10 Å². The van der Waals surface area contributed by atoms with Crippen molar-refractivity contribution >= 4 is 34.1 Å². The minimum absolute atomic E-state index is 0.252. The normalized spacial score (nSPS) is 10.7. The summed E-state index contributed by atoms with van der Waals surface area (Å²) in [5.41, 5.74) is 2.78. The standard InChI is InChI=1S/C14H11N3O3S/c1-15-13(18)12-9-3-2-7(4-10(9)16-17-12)8-5-11(14(19)20)21-6-8/h2-6H,1H3,(H,15,18)(H,16,17)(H,19,20). The van der Waals surface area contributed by atoms with Gasteiger partial charge < -0.3 is 10.4 Å². The van der Waals surface area contributed by atoms with Crippen LogP contribution in [0.5, 0.6) is 0 Å². The minimum atomic E-state index is -0.934. The number of hydrogen-bond acceptors (Lipinski definition) is 4. The average molecular weight is 301 g/mol. The molecule has 0 saturated heterocycles. The highest BCUT2D eigenvalue weighted by molar-refractivity contribution is 7.12. The van der Waals surface area contributed by atoms with Crippen LogP contribution in [0.2, 0.25) is 0 Å². The van der Waals surface area contributed by atoms with Crippen molar-refractivity contribution in [3.8, 4) is 11.1 Å². The van der Waals surface area contributed by atoms with Crippen LogP contribution in [0.1, 0.15) is 20.2 Å². The minimum Gasteiger partial charge on any atom is -0.477 e. The van der Waals surface area contributed by atoms with Crippen molar-refractivity contribution in [2.75, 3.05) is 7.05 Å². The molecule has 0 aliphatic rings. The van der Waals surface area contributed by atoms with Gasteiger partial charge >= 0.3 is 5.97 Å². The Kier molecular flexibility index (Phi) is 3.19. The molecule has 2 aromatic heterocycles. The van der Waals surface area contributed by atoms with Crippen LogP contribution >= 0.6 is 11.3 Å². The summed E-state index contributed by atoms with van der Waals surface area (Å²) in [4.78, 5) is 22.9. The Morgan fingerprint density at radius 3 is 2.76 bits per heavy atom. The highest BCUT2D eigenvalue weighted by Gasteiger charge is 2.14. The highest BCUT2D eigenvalue weighted by Crippen LogP contribution is 2.28. The topological polar surface area (TPSA) is 95.1 Å². The number of benzene rings is 1. The van der Waals surface area contributed by atoms with E-state index < -0.39 is 5.97 Å². The van der Waals surface area contributed by atoms with Crippen molar-refractivity contribution in [3.05, 3.63) is 40.2 Å². The lowest BCUT2D eigenvalue weighted by Gasteiger charge is -1.99. The lowest BCUT2D eigenvalue weighted by Crippen LogP contribution is -2.18. The first-order chi connectivity index (χ1) is 10.1. The third kappa shape index (κ3) is 2.27. The van der Waals surface area contributed by atoms with E-state index in [0.29, 0.717) is 10.6 Å². The summed E-state index contributed by atoms with van der Waals surface area (Å²) in [5, 5.41) is 20.8. The van der Waals surface area contributed by atoms with Gasteiger partial charge in [0.15, 0.2) is 5.69 Å². The van der Waals surface area contributed by atoms with E-state index in [9.17, 15) is 9.59 Å². The summed E-state index contributed by atoms with van der Waals surface area (Å²) >= 11 is 1.18. The molecule has 1 amide bonds. The summed E-state index contributed by atoms with van der Waals surface area (Å²) in [5.74, 6) is -1.19. The molecule has 0 aliphatic carbocycles. The number of amides is 1. The number of carboxylic acid groups (broad SMARTS) is 1. The number of thiophene rings is 1. The first-order valence-electron chi connectivity index (χ1n) is 6.12. The molecule has 21 heavy (non-hydrogen) atoms. The number of nitrogens with one attached hydrogen (secondary N) is 2. The number of H-pyrrole nitrogens is 1. The fourth-order valence-electron chi connectivity index (χ4n) is 2.09. The van der Waals surface area contributed by atoms with E-state index in [1.165, 1.54) is 11.3 Å². The van der Waals surface area contributed by atoms with E-state index in [0.717, 1.165) is 22.0 Å². The van der Waals surface area contributed by atoms with Gasteiger partial charge in [-0.3, -0.25) is 9.89 Å². The van der Waals surface area contributed by atoms with E-state index >= 15 is 0 Å². The molecule has 0 aliphatic heterocycles. The van der Waals surface area contributed by atoms with Crippen molar-refractivity contribution in [2.24, 2.45) is 0 Å². The van der Waals surface area contributed by atoms with E-state index in [1.807, 2.05) is 12.1 Å². The second kappa shape index (κ2) is 5.02. The summed E-state index contributed by atoms with van der Waals surface area (Å²) in [6.45, 7) is 0. The van der Waals surface area contributed by atoms with Crippen molar-refractivity contribution in [2.45, 2.75) is 0 Å². The SMILES string of the molecule is CNC(=O)c1n[nH]c2cc(-c3csc(C(=O)O)c3)ccc12. The predicted octanol–water partition coefficient (Wildman–Crippen LogP) is 2.35. The first-order valence-corrected chi connectivity index (χ1v) is 7.00. The molecule has 6 nitrogen and oxygen atoms in total. The number of aromatic carboxylic acids is 1. The smallest absolute Gasteiger partial charge is 0.345 e. The zero-order valence-electron chi connectivity index (χ0n) is 11.0. The van der Waals surface area contributed by atoms with Crippen LogP contribution in [-0.4, -0.2) is 34.2 Å². The van der Waals surface area contributed by atoms with Crippen LogP contribution in [0, 0.1) is 0 Å². The van der Waals surface area contributed by atoms with E-state index in [1.54, 1.807) is 24.6 Å². The van der Waals surface area contributed by atoms with Gasteiger partial charge in [0.2, 0.25) is 0 Å². The average Bonchev–Trinajstić information content (AvgIpc) is 3.12. The molecule has 106 valence electrons. The summed E-state index contributed by atoms with van der Waals surface area (Å²) < 4.78 is 0. The Morgan fingerprint density at radius 2 is 2.10 bits per heavy atom. The Balaban J connectivity index is 2.05. The zero-order valence-corrected chi connectivity index (χ0v) is 11.8. The van der Waals surface area contributed by atoms with Gasteiger partial charge in [-0.25, -0.2) is 4.79 Å². The number of carbonyl (C=O) groups excluding carboxylic acids is 1. The molecule has 7 heteroatoms. The molecule has 0 atom stereocenters. The lowest BCUT2D eigenvalue weighted by atomic mass is 10.1. The summed E-state index contributed by atoms with van der Waals surface area (Å²) in [6.07, 6.45) is 0. The quantitative estimate of drug-likeness (QED) is 0.692. The first kappa shape index (κ1) is 13.3. The van der Waals surface area contributed by atoms with Crippen LogP contribution in [0.3, 0.4) is 0 Å². The van der Waals surface area contributed by atoms with E-state index in [4.69, 9.17) is 5.11 Å². The number of rotatable bonds is 3. The number of fused-ring (bicyclic) bond motifs is 1. The predicted molar refractivity (Wildman–Crippen MR) is 79.8 cm³/mol. The molecule has 1 aromatic carbocycles. The molecular formula is C14H11N3O3S. The largest absolute Gasteiger partial charge is 0.477 e. The maximum atomic E-state index is 11.7. The fourth-order valence-corrected chi connectivity index (χ4v) is 2.84. The van der Waals surface area contributed by atoms with Crippen molar-refractivity contribution in [1.29, 1.82) is 0 Å². The molecule has 2 heterocycles. The summed E-state index contributed by atoms with van der Waals surface area (Å²) in [7, 11) is 1.55. The molecular weight excluding hydrogens is 290 g/mol. The Morgan fingerprint density at radius 1 is 1.29 bits per heavy atom.